The van der Waals surface area contributed by atoms with Gasteiger partial charge in [-0.15, -0.1) is 45.3 Å². The van der Waals surface area contributed by atoms with Crippen molar-refractivity contribution in [2.75, 3.05) is 12.0 Å². The van der Waals surface area contributed by atoms with Gasteiger partial charge < -0.3 is 0 Å². The smallest absolute Gasteiger partial charge is 0.150 e. The van der Waals surface area contributed by atoms with Gasteiger partial charge in [0.05, 0.1) is 9.75 Å². The fourth-order valence-corrected chi connectivity index (χ4v) is 34.1. The molecule has 8 rings (SSSR count). The summed E-state index contributed by atoms with van der Waals surface area (Å²) >= 11 is 10.6. The van der Waals surface area contributed by atoms with Gasteiger partial charge >= 0.3 is 0 Å². The number of thiazole rings is 1. The normalized spacial score (nSPS) is 20.5. The predicted octanol–water partition coefficient (Wildman–Crippen LogP) is 25.5. The van der Waals surface area contributed by atoms with Crippen LogP contribution < -0.4 is 10.4 Å². The van der Waals surface area contributed by atoms with Crippen LogP contribution in [0.25, 0.3) is 29.4 Å². The number of hydrogen-bond donors (Lipinski definition) is 0. The third-order valence-electron chi connectivity index (χ3n) is 19.1. The van der Waals surface area contributed by atoms with E-state index in [0.717, 1.165) is 11.1 Å². The molecule has 8 heterocycles. The third-order valence-corrected chi connectivity index (χ3v) is 36.2. The largest absolute Gasteiger partial charge is 0.228 e. The average molecular weight is 1210 g/mol. The predicted molar refractivity (Wildman–Crippen MR) is 373 cm³/mol. The fourth-order valence-electron chi connectivity index (χ4n) is 14.7. The zero-order chi connectivity index (χ0) is 57.2. The molecule has 0 saturated heterocycles. The summed E-state index contributed by atoms with van der Waals surface area (Å²) in [6.45, 7) is 31.6. The van der Waals surface area contributed by atoms with Crippen LogP contribution >= 0.6 is 66.7 Å². The number of fused-ring (bicyclic) bond motifs is 8. The van der Waals surface area contributed by atoms with Crippen LogP contribution in [0.4, 0.5) is 5.00 Å². The van der Waals surface area contributed by atoms with E-state index in [0.29, 0.717) is 11.8 Å². The van der Waals surface area contributed by atoms with Crippen LogP contribution in [0.2, 0.25) is 11.1 Å². The van der Waals surface area contributed by atoms with Crippen LogP contribution in [0, 0.1) is 0 Å². The summed E-state index contributed by atoms with van der Waals surface area (Å²) in [5.74, 6) is 2.36. The molecule has 2 nitrogen and oxygen atoms in total. The summed E-state index contributed by atoms with van der Waals surface area (Å²) in [5, 5.41) is 9.05. The summed E-state index contributed by atoms with van der Waals surface area (Å²) in [5.41, 5.74) is 5.09. The number of aromatic nitrogens is 1. The van der Waals surface area contributed by atoms with E-state index in [4.69, 9.17) is 9.98 Å². The second kappa shape index (κ2) is 29.4. The molecule has 9 heteroatoms. The third kappa shape index (κ3) is 14.1. The number of unbranched alkanes of at least 4 members (excludes halogenated alkanes) is 16. The van der Waals surface area contributed by atoms with E-state index in [1.807, 2.05) is 21.7 Å². The summed E-state index contributed by atoms with van der Waals surface area (Å²) in [4.78, 5) is 24.4. The highest BCUT2D eigenvalue weighted by Crippen LogP contribution is 2.70. The standard InChI is InChI=1S/C71H112N2S6Si/c1-15-22-26-30-34-41-50(38-19-5)54-45-56(74-62(54)66-72-69-67(78-66)73-68-63-55(46-60(76-63)70(8,9)10)51(49-79(68,69)14)42-35-31-27-23-16-2)57-47-58-64(75-57)65-59(48-61(77-65)71(11,12)13)80(58,52(39-20-6)43-36-32-28-24-17-3)53(40-21-7)44-37-33-29-25-18-4/h45-48,50-53H,15-44,49H2,1-14H3. The van der Waals surface area contributed by atoms with Crippen molar-refractivity contribution >= 4 is 95.2 Å². The van der Waals surface area contributed by atoms with E-state index >= 15 is 0 Å². The lowest BCUT2D eigenvalue weighted by molar-refractivity contribution is 0.517. The van der Waals surface area contributed by atoms with Gasteiger partial charge in [0.1, 0.15) is 23.2 Å². The quantitative estimate of drug-likeness (QED) is 0.0293. The number of aliphatic imine (C=N–C) groups is 1. The van der Waals surface area contributed by atoms with Crippen molar-refractivity contribution in [1.82, 2.24) is 4.98 Å². The van der Waals surface area contributed by atoms with Crippen molar-refractivity contribution in [3.05, 3.63) is 50.0 Å². The lowest BCUT2D eigenvalue weighted by Crippen LogP contribution is -2.62. The van der Waals surface area contributed by atoms with Crippen molar-refractivity contribution < 1.29 is 0 Å². The monoisotopic (exact) mass is 1210 g/mol. The first-order valence-electron chi connectivity index (χ1n) is 33.5. The molecular weight excluding hydrogens is 1100 g/mol. The topological polar surface area (TPSA) is 25.2 Å². The van der Waals surface area contributed by atoms with Crippen molar-refractivity contribution in [3.63, 3.8) is 0 Å². The summed E-state index contributed by atoms with van der Waals surface area (Å²) < 4.78 is 0. The lowest BCUT2D eigenvalue weighted by atomic mass is 9.89. The van der Waals surface area contributed by atoms with Gasteiger partial charge in [0.15, 0.2) is 5.00 Å². The van der Waals surface area contributed by atoms with Gasteiger partial charge in [-0.1, -0.05) is 275 Å². The minimum Gasteiger partial charge on any atom is -0.228 e. The van der Waals surface area contributed by atoms with Gasteiger partial charge in [-0.2, -0.15) is 10.0 Å². The van der Waals surface area contributed by atoms with Gasteiger partial charge in [0.25, 0.3) is 0 Å². The molecule has 3 aliphatic heterocycles. The maximum atomic E-state index is 6.01. The van der Waals surface area contributed by atoms with E-state index in [2.05, 4.69) is 166 Å². The van der Waals surface area contributed by atoms with Crippen LogP contribution in [0.1, 0.15) is 320 Å². The Kier molecular flexibility index (Phi) is 23.7. The molecule has 0 aromatic carbocycles. The number of rotatable bonds is 35. The van der Waals surface area contributed by atoms with E-state index in [1.165, 1.54) is 238 Å². The van der Waals surface area contributed by atoms with Crippen LogP contribution in [0.5, 0.6) is 0 Å². The highest BCUT2D eigenvalue weighted by atomic mass is 32.3. The number of hydrogen-bond acceptors (Lipinski definition) is 7. The number of thiophene rings is 4. The molecule has 5 unspecified atom stereocenters. The molecule has 0 aliphatic carbocycles. The van der Waals surface area contributed by atoms with Gasteiger partial charge in [-0.3, -0.25) is 0 Å². The van der Waals surface area contributed by atoms with Crippen molar-refractivity contribution in [1.29, 1.82) is 0 Å². The molecule has 0 radical (unpaired) electrons. The van der Waals surface area contributed by atoms with E-state index in [-0.39, 0.29) is 10.8 Å². The van der Waals surface area contributed by atoms with Gasteiger partial charge in [-0.05, 0) is 111 Å². The molecule has 0 bridgehead atoms. The van der Waals surface area contributed by atoms with Crippen LogP contribution in [0.15, 0.2) is 34.3 Å². The number of nitrogens with zero attached hydrogens (tertiary/aromatic N) is 2. The molecule has 0 N–H and O–H groups in total. The van der Waals surface area contributed by atoms with Crippen molar-refractivity contribution in [3.8, 4) is 29.4 Å². The highest BCUT2D eigenvalue weighted by Gasteiger charge is 2.57. The second-order valence-corrected chi connectivity index (χ2v) is 40.5. The van der Waals surface area contributed by atoms with Crippen molar-refractivity contribution in [2.45, 2.75) is 321 Å². The molecule has 5 aromatic rings. The Balaban J connectivity index is 1.28. The molecule has 5 atom stereocenters. The van der Waals surface area contributed by atoms with E-state index < -0.39 is 18.1 Å². The first-order valence-corrected chi connectivity index (χ1v) is 41.9. The lowest BCUT2D eigenvalue weighted by Gasteiger charge is -2.44. The van der Waals surface area contributed by atoms with Crippen LogP contribution in [0.3, 0.4) is 0 Å². The summed E-state index contributed by atoms with van der Waals surface area (Å²) in [6, 6.07) is 11.1. The van der Waals surface area contributed by atoms with Gasteiger partial charge in [0.2, 0.25) is 0 Å². The molecule has 80 heavy (non-hydrogen) atoms. The summed E-state index contributed by atoms with van der Waals surface area (Å²) in [6.07, 6.45) is 43.1. The first kappa shape index (κ1) is 64.7. The zero-order valence-corrected chi connectivity index (χ0v) is 59.3. The van der Waals surface area contributed by atoms with Crippen LogP contribution in [-0.4, -0.2) is 30.1 Å². The molecule has 446 valence electrons. The Bertz CT molecular complexity index is 2720. The Morgan fingerprint density at radius 3 is 1.55 bits per heavy atom. The zero-order valence-electron chi connectivity index (χ0n) is 53.4. The summed E-state index contributed by atoms with van der Waals surface area (Å²) in [7, 11) is -3.66. The first-order chi connectivity index (χ1) is 38.5. The van der Waals surface area contributed by atoms with Gasteiger partial charge in [-0.25, -0.2) is 9.98 Å². The minimum atomic E-state index is -2.29. The highest BCUT2D eigenvalue weighted by molar-refractivity contribution is 8.45. The Hall–Kier alpha value is -1.33. The Labute approximate surface area is 513 Å². The molecule has 0 spiro atoms. The Morgan fingerprint density at radius 2 is 0.988 bits per heavy atom. The van der Waals surface area contributed by atoms with Gasteiger partial charge in [0, 0.05) is 29.3 Å². The van der Waals surface area contributed by atoms with E-state index in [9.17, 15) is 0 Å². The van der Waals surface area contributed by atoms with Crippen molar-refractivity contribution in [2.24, 2.45) is 4.99 Å². The molecule has 0 fully saturated rings. The maximum absolute atomic E-state index is 6.01. The second-order valence-electron chi connectivity index (χ2n) is 27.6. The molecule has 0 amide bonds. The minimum absolute atomic E-state index is 0.136. The molecule has 5 aromatic heterocycles. The maximum Gasteiger partial charge on any atom is 0.150 e. The average Bonchev–Trinajstić information content (AvgIpc) is 4.25. The fraction of sp³-hybridized carbons (Fsp3) is 0.718. The van der Waals surface area contributed by atoms with E-state index in [1.54, 1.807) is 30.6 Å². The molecule has 3 aliphatic rings. The van der Waals surface area contributed by atoms with Crippen LogP contribution in [-0.2, 0) is 10.8 Å². The Morgan fingerprint density at radius 1 is 0.500 bits per heavy atom. The molecular formula is C71H112N2S6Si. The SMILES string of the molecule is CCCCCCCC1CS2(C)C(=Nc3sc(-c4sc(-c5cc6c(s5)-c5sc(C(C)(C)C)cc5[Si]6(C(CCC)CCCCCCC)C(CCC)CCCCCCC)cc4C(CCC)CCCCCCC)nc32)c2sc(C(C)(C)C)cc21. The molecule has 0 saturated carbocycles.